The van der Waals surface area contributed by atoms with Gasteiger partial charge >= 0.3 is 6.36 Å². The molecular weight excluding hydrogens is 457 g/mol. The fraction of sp³-hybridized carbons (Fsp3) is 0.263. The Morgan fingerprint density at radius 3 is 2.47 bits per heavy atom. The average Bonchev–Trinajstić information content (AvgIpc) is 2.72. The van der Waals surface area contributed by atoms with E-state index in [1.807, 2.05) is 0 Å². The molecule has 1 atom stereocenters. The SMILES string of the molecule is O=C(CSC1=NCCCS1)c1ccc(NS(=O)c2ccc(OC(F)(F)F)cc2)cc1. The Hall–Kier alpha value is -1.98. The van der Waals surface area contributed by atoms with Crippen LogP contribution in [0.25, 0.3) is 0 Å². The van der Waals surface area contributed by atoms with Crippen LogP contribution in [0.3, 0.4) is 0 Å². The summed E-state index contributed by atoms with van der Waals surface area (Å²) in [4.78, 5) is 17.0. The number of hydrogen-bond acceptors (Lipinski definition) is 6. The summed E-state index contributed by atoms with van der Waals surface area (Å²) >= 11 is 3.10. The molecule has 0 aliphatic carbocycles. The number of nitrogens with one attached hydrogen (secondary N) is 1. The second-order valence-electron chi connectivity index (χ2n) is 6.03. The number of halogens is 3. The molecule has 0 bridgehead atoms. The van der Waals surface area contributed by atoms with Crippen molar-refractivity contribution in [1.82, 2.24) is 0 Å². The molecule has 0 radical (unpaired) electrons. The van der Waals surface area contributed by atoms with E-state index in [4.69, 9.17) is 0 Å². The highest BCUT2D eigenvalue weighted by molar-refractivity contribution is 8.39. The number of ether oxygens (including phenoxy) is 1. The summed E-state index contributed by atoms with van der Waals surface area (Å²) in [7, 11) is -1.68. The molecule has 0 spiro atoms. The van der Waals surface area contributed by atoms with Crippen molar-refractivity contribution in [3.8, 4) is 5.75 Å². The lowest BCUT2D eigenvalue weighted by Gasteiger charge is -2.11. The number of alkyl halides is 3. The normalized spacial score (nSPS) is 15.2. The molecule has 2 aromatic rings. The van der Waals surface area contributed by atoms with Crippen molar-refractivity contribution in [2.75, 3.05) is 22.8 Å². The van der Waals surface area contributed by atoms with Crippen LogP contribution in [0.15, 0.2) is 58.4 Å². The number of Topliss-reactive ketones (excluding diaryl/α,β-unsaturated/α-hetero) is 1. The summed E-state index contributed by atoms with van der Waals surface area (Å²) in [5.74, 6) is 0.912. The summed E-state index contributed by atoms with van der Waals surface area (Å²) < 4.78 is 56.4. The van der Waals surface area contributed by atoms with Crippen molar-refractivity contribution in [2.45, 2.75) is 17.7 Å². The molecule has 3 rings (SSSR count). The molecule has 1 N–H and O–H groups in total. The van der Waals surface area contributed by atoms with Gasteiger partial charge in [0.15, 0.2) is 5.78 Å². The minimum Gasteiger partial charge on any atom is -0.406 e. The molecule has 2 aromatic carbocycles. The van der Waals surface area contributed by atoms with E-state index in [0.717, 1.165) is 35.2 Å². The monoisotopic (exact) mass is 474 g/mol. The second kappa shape index (κ2) is 10.4. The number of carbonyl (C=O) groups excluding carboxylic acids is 1. The molecule has 1 unspecified atom stereocenters. The van der Waals surface area contributed by atoms with Crippen molar-refractivity contribution < 1.29 is 26.9 Å². The smallest absolute Gasteiger partial charge is 0.406 e. The molecule has 1 heterocycles. The predicted octanol–water partition coefficient (Wildman–Crippen LogP) is 5.13. The first-order chi connectivity index (χ1) is 14.3. The van der Waals surface area contributed by atoms with Gasteiger partial charge < -0.3 is 9.46 Å². The Labute approximate surface area is 182 Å². The topological polar surface area (TPSA) is 67.8 Å². The molecule has 5 nitrogen and oxygen atoms in total. The van der Waals surface area contributed by atoms with Gasteiger partial charge in [0.1, 0.15) is 21.1 Å². The third-order valence-electron chi connectivity index (χ3n) is 3.78. The van der Waals surface area contributed by atoms with E-state index in [9.17, 15) is 22.2 Å². The van der Waals surface area contributed by atoms with Gasteiger partial charge in [0.05, 0.1) is 10.6 Å². The number of hydrogen-bond donors (Lipinski definition) is 1. The first kappa shape index (κ1) is 22.7. The van der Waals surface area contributed by atoms with Gasteiger partial charge in [0.2, 0.25) is 0 Å². The van der Waals surface area contributed by atoms with Gasteiger partial charge in [0.25, 0.3) is 0 Å². The Balaban J connectivity index is 1.53. The van der Waals surface area contributed by atoms with Gasteiger partial charge in [-0.15, -0.1) is 13.2 Å². The third-order valence-corrected chi connectivity index (χ3v) is 7.26. The highest BCUT2D eigenvalue weighted by atomic mass is 32.2. The molecule has 1 aliphatic rings. The molecule has 160 valence electrons. The zero-order valence-corrected chi connectivity index (χ0v) is 17.9. The minimum atomic E-state index is -4.78. The first-order valence-electron chi connectivity index (χ1n) is 8.78. The molecule has 0 saturated carbocycles. The summed E-state index contributed by atoms with van der Waals surface area (Å²) in [5.41, 5.74) is 1.05. The number of ketones is 1. The third kappa shape index (κ3) is 7.06. The molecule has 0 saturated heterocycles. The van der Waals surface area contributed by atoms with Crippen molar-refractivity contribution in [3.63, 3.8) is 0 Å². The van der Waals surface area contributed by atoms with Crippen molar-refractivity contribution in [3.05, 3.63) is 54.1 Å². The van der Waals surface area contributed by atoms with Crippen molar-refractivity contribution >= 4 is 50.4 Å². The fourth-order valence-electron chi connectivity index (χ4n) is 2.39. The first-order valence-corrected chi connectivity index (χ1v) is 11.9. The molecule has 11 heteroatoms. The van der Waals surface area contributed by atoms with Crippen LogP contribution in [0, 0.1) is 0 Å². The van der Waals surface area contributed by atoms with Crippen LogP contribution >= 0.6 is 23.5 Å². The number of anilines is 1. The summed E-state index contributed by atoms with van der Waals surface area (Å²) in [5, 5.41) is 0. The number of nitrogens with zero attached hydrogens (tertiary/aromatic N) is 1. The summed E-state index contributed by atoms with van der Waals surface area (Å²) in [6, 6.07) is 11.3. The van der Waals surface area contributed by atoms with Gasteiger partial charge in [-0.05, 0) is 55.0 Å². The Morgan fingerprint density at radius 1 is 1.17 bits per heavy atom. The van der Waals surface area contributed by atoms with E-state index < -0.39 is 17.3 Å². The van der Waals surface area contributed by atoms with E-state index in [2.05, 4.69) is 14.5 Å². The second-order valence-corrected chi connectivity index (χ2v) is 9.55. The van der Waals surface area contributed by atoms with E-state index in [0.29, 0.717) is 17.0 Å². The van der Waals surface area contributed by atoms with Crippen LogP contribution in [0.4, 0.5) is 18.9 Å². The lowest BCUT2D eigenvalue weighted by Crippen LogP contribution is -2.17. The number of rotatable bonds is 7. The Bertz CT molecular complexity index is 933. The van der Waals surface area contributed by atoms with Crippen LogP contribution in [-0.2, 0) is 11.0 Å². The molecular formula is C19H17F3N2O3S3. The van der Waals surface area contributed by atoms with E-state index >= 15 is 0 Å². The predicted molar refractivity (Wildman–Crippen MR) is 116 cm³/mol. The lowest BCUT2D eigenvalue weighted by molar-refractivity contribution is -0.274. The van der Waals surface area contributed by atoms with E-state index in [1.165, 1.54) is 23.9 Å². The van der Waals surface area contributed by atoms with Crippen LogP contribution in [0.2, 0.25) is 0 Å². The van der Waals surface area contributed by atoms with Crippen LogP contribution < -0.4 is 9.46 Å². The highest BCUT2D eigenvalue weighted by Gasteiger charge is 2.31. The van der Waals surface area contributed by atoms with Crippen LogP contribution in [0.5, 0.6) is 5.75 Å². The van der Waals surface area contributed by atoms with Gasteiger partial charge in [-0.25, -0.2) is 4.21 Å². The van der Waals surface area contributed by atoms with Gasteiger partial charge in [0, 0.05) is 23.5 Å². The Kier molecular flexibility index (Phi) is 7.84. The van der Waals surface area contributed by atoms with Crippen molar-refractivity contribution in [1.29, 1.82) is 0 Å². The molecule has 1 aliphatic heterocycles. The van der Waals surface area contributed by atoms with Crippen LogP contribution in [-0.4, -0.2) is 38.8 Å². The van der Waals surface area contributed by atoms with Gasteiger partial charge in [-0.2, -0.15) is 0 Å². The highest BCUT2D eigenvalue weighted by Crippen LogP contribution is 2.25. The summed E-state index contributed by atoms with van der Waals surface area (Å²) in [6.07, 6.45) is -3.72. The van der Waals surface area contributed by atoms with Gasteiger partial charge in [-0.3, -0.25) is 9.79 Å². The molecule has 30 heavy (non-hydrogen) atoms. The van der Waals surface area contributed by atoms with Crippen LogP contribution in [0.1, 0.15) is 16.8 Å². The summed E-state index contributed by atoms with van der Waals surface area (Å²) in [6.45, 7) is 0.805. The number of aliphatic imine (C=N–C) groups is 1. The average molecular weight is 475 g/mol. The Morgan fingerprint density at radius 2 is 1.87 bits per heavy atom. The largest absolute Gasteiger partial charge is 0.573 e. The zero-order chi connectivity index (χ0) is 21.6. The minimum absolute atomic E-state index is 0.0261. The number of benzene rings is 2. The number of thioether (sulfide) groups is 2. The zero-order valence-electron chi connectivity index (χ0n) is 15.5. The van der Waals surface area contributed by atoms with E-state index in [1.54, 1.807) is 36.0 Å². The standard InChI is InChI=1S/C19H17F3N2O3S3/c20-19(21,22)27-15-6-8-16(9-7-15)30(26)24-14-4-2-13(3-5-14)17(25)12-29-18-23-10-1-11-28-18/h2-9,24H,1,10-12H2. The maximum absolute atomic E-state index is 12.4. The number of carbonyl (C=O) groups is 1. The molecule has 0 aromatic heterocycles. The molecule has 0 amide bonds. The quantitative estimate of drug-likeness (QED) is 0.564. The fourth-order valence-corrected chi connectivity index (χ4v) is 5.24. The molecule has 0 fully saturated rings. The lowest BCUT2D eigenvalue weighted by atomic mass is 10.1. The van der Waals surface area contributed by atoms with Gasteiger partial charge in [-0.1, -0.05) is 23.5 Å². The van der Waals surface area contributed by atoms with E-state index in [-0.39, 0.29) is 16.4 Å². The van der Waals surface area contributed by atoms with Crippen molar-refractivity contribution in [2.24, 2.45) is 4.99 Å². The maximum atomic E-state index is 12.4. The maximum Gasteiger partial charge on any atom is 0.573 e.